The largest absolute Gasteiger partial charge is 0.381 e. The van der Waals surface area contributed by atoms with Crippen LogP contribution >= 0.6 is 0 Å². The monoisotopic (exact) mass is 355 g/mol. The summed E-state index contributed by atoms with van der Waals surface area (Å²) in [5.41, 5.74) is 2.97. The van der Waals surface area contributed by atoms with Crippen LogP contribution in [0.5, 0.6) is 0 Å². The number of ether oxygens (including phenoxy) is 1. The number of likely N-dealkylation sites (tertiary alicyclic amines) is 1. The molecule has 0 atom stereocenters. The molecule has 4 heterocycles. The van der Waals surface area contributed by atoms with E-state index in [9.17, 15) is 0 Å². The first-order valence-corrected chi connectivity index (χ1v) is 9.86. The topological polar surface area (TPSA) is 66.9 Å². The van der Waals surface area contributed by atoms with Gasteiger partial charge in [0.1, 0.15) is 11.5 Å². The van der Waals surface area contributed by atoms with Crippen LogP contribution in [0.4, 0.5) is 0 Å². The average molecular weight is 355 g/mol. The summed E-state index contributed by atoms with van der Waals surface area (Å²) in [6.07, 6.45) is 7.68. The molecule has 0 unspecified atom stereocenters. The molecular weight excluding hydrogens is 326 g/mol. The van der Waals surface area contributed by atoms with Crippen LogP contribution in [0.1, 0.15) is 42.9 Å². The van der Waals surface area contributed by atoms with Crippen LogP contribution in [0.25, 0.3) is 11.5 Å². The molecule has 2 aliphatic heterocycles. The minimum Gasteiger partial charge on any atom is -0.381 e. The summed E-state index contributed by atoms with van der Waals surface area (Å²) in [5, 5.41) is 0. The number of aromatic nitrogens is 4. The number of aromatic amines is 1. The van der Waals surface area contributed by atoms with Crippen LogP contribution in [0.3, 0.4) is 0 Å². The zero-order valence-corrected chi connectivity index (χ0v) is 15.9. The first kappa shape index (κ1) is 17.6. The minimum absolute atomic E-state index is 0.680. The fraction of sp³-hybridized carbons (Fsp3) is 0.650. The van der Waals surface area contributed by atoms with Gasteiger partial charge in [0.15, 0.2) is 5.82 Å². The molecule has 2 fully saturated rings. The Morgan fingerprint density at radius 2 is 1.88 bits per heavy atom. The minimum atomic E-state index is 0.680. The third-order valence-electron chi connectivity index (χ3n) is 5.67. The summed E-state index contributed by atoms with van der Waals surface area (Å²) in [4.78, 5) is 19.8. The molecule has 1 N–H and O–H groups in total. The van der Waals surface area contributed by atoms with E-state index in [0.717, 1.165) is 54.4 Å². The lowest BCUT2D eigenvalue weighted by molar-refractivity contribution is 0.0210. The zero-order valence-electron chi connectivity index (χ0n) is 15.9. The van der Waals surface area contributed by atoms with Gasteiger partial charge in [0.05, 0.1) is 0 Å². The molecule has 0 saturated carbocycles. The Kier molecular flexibility index (Phi) is 5.31. The first-order chi connectivity index (χ1) is 12.7. The van der Waals surface area contributed by atoms with Crippen molar-refractivity contribution in [1.29, 1.82) is 0 Å². The molecule has 4 rings (SSSR count). The third kappa shape index (κ3) is 4.13. The Balaban J connectivity index is 1.38. The maximum absolute atomic E-state index is 5.50. The molecule has 0 aliphatic carbocycles. The molecule has 2 aromatic rings. The quantitative estimate of drug-likeness (QED) is 0.913. The molecule has 6 nitrogen and oxygen atoms in total. The molecule has 0 aromatic carbocycles. The summed E-state index contributed by atoms with van der Waals surface area (Å²) in [7, 11) is 0. The summed E-state index contributed by atoms with van der Waals surface area (Å²) in [6, 6.07) is 2.74. The van der Waals surface area contributed by atoms with Gasteiger partial charge in [-0.2, -0.15) is 0 Å². The Morgan fingerprint density at radius 1 is 1.12 bits per heavy atom. The highest BCUT2D eigenvalue weighted by Gasteiger charge is 2.27. The summed E-state index contributed by atoms with van der Waals surface area (Å²) in [5.74, 6) is 2.47. The van der Waals surface area contributed by atoms with E-state index in [2.05, 4.69) is 19.9 Å². The van der Waals surface area contributed by atoms with Crippen molar-refractivity contribution in [2.75, 3.05) is 26.3 Å². The first-order valence-electron chi connectivity index (χ1n) is 9.86. The summed E-state index contributed by atoms with van der Waals surface area (Å²) in [6.45, 7) is 8.31. The smallest absolute Gasteiger partial charge is 0.156 e. The number of aryl methyl sites for hydroxylation is 2. The second kappa shape index (κ2) is 7.84. The fourth-order valence-corrected chi connectivity index (χ4v) is 4.22. The number of nitrogens with one attached hydrogen (secondary N) is 1. The molecule has 2 aliphatic rings. The number of hydrogen-bond acceptors (Lipinski definition) is 5. The van der Waals surface area contributed by atoms with E-state index in [0.29, 0.717) is 5.92 Å². The average Bonchev–Trinajstić information content (AvgIpc) is 3.09. The number of hydrogen-bond donors (Lipinski definition) is 1. The molecule has 140 valence electrons. The van der Waals surface area contributed by atoms with E-state index < -0.39 is 0 Å². The molecule has 2 saturated heterocycles. The normalized spacial score (nSPS) is 20.5. The van der Waals surface area contributed by atoms with Crippen molar-refractivity contribution in [2.24, 2.45) is 5.92 Å². The van der Waals surface area contributed by atoms with Crippen molar-refractivity contribution >= 4 is 0 Å². The maximum Gasteiger partial charge on any atom is 0.156 e. The van der Waals surface area contributed by atoms with Crippen LogP contribution < -0.4 is 0 Å². The Morgan fingerprint density at radius 3 is 2.58 bits per heavy atom. The van der Waals surface area contributed by atoms with Crippen LogP contribution in [0.15, 0.2) is 12.3 Å². The number of rotatable bonds is 4. The van der Waals surface area contributed by atoms with Gasteiger partial charge in [-0.15, -0.1) is 0 Å². The second-order valence-corrected chi connectivity index (χ2v) is 7.75. The second-order valence-electron chi connectivity index (χ2n) is 7.75. The van der Waals surface area contributed by atoms with E-state index in [1.165, 1.54) is 38.8 Å². The van der Waals surface area contributed by atoms with Gasteiger partial charge in [0.25, 0.3) is 0 Å². The predicted octanol–water partition coefficient (Wildman–Crippen LogP) is 2.92. The number of imidazole rings is 1. The van der Waals surface area contributed by atoms with E-state index in [1.54, 1.807) is 0 Å². The molecule has 26 heavy (non-hydrogen) atoms. The summed E-state index contributed by atoms with van der Waals surface area (Å²) >= 11 is 0. The third-order valence-corrected chi connectivity index (χ3v) is 5.67. The molecule has 0 amide bonds. The fourth-order valence-electron chi connectivity index (χ4n) is 4.22. The van der Waals surface area contributed by atoms with Gasteiger partial charge in [0, 0.05) is 43.3 Å². The van der Waals surface area contributed by atoms with Gasteiger partial charge in [-0.1, -0.05) is 0 Å². The zero-order chi connectivity index (χ0) is 17.9. The Bertz CT molecular complexity index is 730. The standard InChI is InChI=1S/C20H29N5O/c1-14-11-18(20-21-13-15(2)23-20)24-19(22-14)12-16-3-7-25(8-4-16)17-5-9-26-10-6-17/h11,13,16-17H,3-10,12H2,1-2H3,(H,21,23). The van der Waals surface area contributed by atoms with E-state index in [-0.39, 0.29) is 0 Å². The molecule has 0 bridgehead atoms. The van der Waals surface area contributed by atoms with Gasteiger partial charge in [-0.25, -0.2) is 15.0 Å². The number of piperidine rings is 1. The van der Waals surface area contributed by atoms with Crippen molar-refractivity contribution in [2.45, 2.75) is 52.0 Å². The maximum atomic E-state index is 5.50. The SMILES string of the molecule is Cc1cc(-c2ncc(C)[nH]2)nc(CC2CCN(C3CCOCC3)CC2)n1. The van der Waals surface area contributed by atoms with Crippen LogP contribution in [0.2, 0.25) is 0 Å². The predicted molar refractivity (Wildman–Crippen MR) is 101 cm³/mol. The Labute approximate surface area is 155 Å². The lowest BCUT2D eigenvalue weighted by atomic mass is 9.91. The Hall–Kier alpha value is -1.79. The lowest BCUT2D eigenvalue weighted by Crippen LogP contribution is -2.44. The van der Waals surface area contributed by atoms with Crippen LogP contribution in [-0.2, 0) is 11.2 Å². The van der Waals surface area contributed by atoms with Gasteiger partial charge in [-0.3, -0.25) is 0 Å². The van der Waals surface area contributed by atoms with Gasteiger partial charge >= 0.3 is 0 Å². The van der Waals surface area contributed by atoms with E-state index in [4.69, 9.17) is 9.72 Å². The summed E-state index contributed by atoms with van der Waals surface area (Å²) < 4.78 is 5.50. The molecule has 0 radical (unpaired) electrons. The number of H-pyrrole nitrogens is 1. The molecular formula is C20H29N5O. The van der Waals surface area contributed by atoms with Gasteiger partial charge < -0.3 is 14.6 Å². The van der Waals surface area contributed by atoms with Crippen LogP contribution in [-0.4, -0.2) is 57.2 Å². The van der Waals surface area contributed by atoms with Gasteiger partial charge in [-0.05, 0) is 64.6 Å². The van der Waals surface area contributed by atoms with Crippen molar-refractivity contribution in [3.05, 3.63) is 29.5 Å². The molecule has 6 heteroatoms. The van der Waals surface area contributed by atoms with Gasteiger partial charge in [0.2, 0.25) is 0 Å². The van der Waals surface area contributed by atoms with E-state index in [1.807, 2.05) is 26.1 Å². The lowest BCUT2D eigenvalue weighted by Gasteiger charge is -2.39. The van der Waals surface area contributed by atoms with Crippen molar-refractivity contribution < 1.29 is 4.74 Å². The number of nitrogens with zero attached hydrogens (tertiary/aromatic N) is 4. The van der Waals surface area contributed by atoms with Crippen LogP contribution in [0, 0.1) is 19.8 Å². The molecule has 2 aromatic heterocycles. The van der Waals surface area contributed by atoms with Crippen molar-refractivity contribution in [3.8, 4) is 11.5 Å². The van der Waals surface area contributed by atoms with Crippen molar-refractivity contribution in [3.63, 3.8) is 0 Å². The highest BCUT2D eigenvalue weighted by atomic mass is 16.5. The molecule has 0 spiro atoms. The van der Waals surface area contributed by atoms with Crippen molar-refractivity contribution in [1.82, 2.24) is 24.8 Å². The highest BCUT2D eigenvalue weighted by Crippen LogP contribution is 2.25. The highest BCUT2D eigenvalue weighted by molar-refractivity contribution is 5.49. The van der Waals surface area contributed by atoms with E-state index >= 15 is 0 Å².